The predicted octanol–water partition coefficient (Wildman–Crippen LogP) is 3.16. The van der Waals surface area contributed by atoms with E-state index in [0.29, 0.717) is 39.0 Å². The second-order valence-electron chi connectivity index (χ2n) is 7.77. The van der Waals surface area contributed by atoms with Gasteiger partial charge in [-0.15, -0.1) is 12.4 Å². The van der Waals surface area contributed by atoms with Gasteiger partial charge in [0.1, 0.15) is 11.9 Å². The molecule has 1 atom stereocenters. The molecule has 1 unspecified atom stereocenters. The van der Waals surface area contributed by atoms with Gasteiger partial charge in [0.05, 0.1) is 13.2 Å². The number of morpholine rings is 1. The van der Waals surface area contributed by atoms with E-state index in [4.69, 9.17) is 14.2 Å². The summed E-state index contributed by atoms with van der Waals surface area (Å²) in [5, 5.41) is 5.48. The highest BCUT2D eigenvalue weighted by atomic mass is 35.5. The van der Waals surface area contributed by atoms with Gasteiger partial charge in [0.15, 0.2) is 0 Å². The van der Waals surface area contributed by atoms with Gasteiger partial charge < -0.3 is 24.4 Å². The molecule has 0 spiro atoms. The molecule has 2 aliphatic rings. The molecular formula is C23H31ClN2O4. The number of ether oxygens (including phenoxy) is 3. The maximum Gasteiger partial charge on any atom is 0.253 e. The lowest BCUT2D eigenvalue weighted by Gasteiger charge is -2.30. The van der Waals surface area contributed by atoms with E-state index in [0.717, 1.165) is 47.9 Å². The van der Waals surface area contributed by atoms with Gasteiger partial charge in [0.2, 0.25) is 0 Å². The van der Waals surface area contributed by atoms with E-state index >= 15 is 0 Å². The van der Waals surface area contributed by atoms with E-state index < -0.39 is 0 Å². The lowest BCUT2D eigenvalue weighted by molar-refractivity contribution is -0.146. The first-order valence-electron chi connectivity index (χ1n) is 10.5. The fourth-order valence-corrected chi connectivity index (χ4v) is 3.81. The minimum Gasteiger partial charge on any atom is -0.493 e. The van der Waals surface area contributed by atoms with Crippen molar-refractivity contribution in [1.82, 2.24) is 10.2 Å². The quantitative estimate of drug-likeness (QED) is 0.614. The highest BCUT2D eigenvalue weighted by molar-refractivity contribution is 5.89. The van der Waals surface area contributed by atoms with E-state index in [9.17, 15) is 4.79 Å². The number of methoxy groups -OCH3 is 1. The summed E-state index contributed by atoms with van der Waals surface area (Å²) >= 11 is 0. The monoisotopic (exact) mass is 434 g/mol. The Morgan fingerprint density at radius 2 is 2.07 bits per heavy atom. The summed E-state index contributed by atoms with van der Waals surface area (Å²) in [6.07, 6.45) is 2.60. The summed E-state index contributed by atoms with van der Waals surface area (Å²) in [5.41, 5.74) is 1.09. The third-order valence-electron chi connectivity index (χ3n) is 5.46. The van der Waals surface area contributed by atoms with Crippen molar-refractivity contribution in [2.24, 2.45) is 0 Å². The third kappa shape index (κ3) is 5.64. The average molecular weight is 435 g/mol. The number of amides is 1. The predicted molar refractivity (Wildman–Crippen MR) is 119 cm³/mol. The number of hydrogen-bond acceptors (Lipinski definition) is 5. The number of nitrogens with zero attached hydrogens (tertiary/aromatic N) is 1. The van der Waals surface area contributed by atoms with E-state index in [2.05, 4.69) is 29.6 Å². The first-order chi connectivity index (χ1) is 14.3. The zero-order valence-corrected chi connectivity index (χ0v) is 18.3. The summed E-state index contributed by atoms with van der Waals surface area (Å²) < 4.78 is 16.9. The zero-order valence-electron chi connectivity index (χ0n) is 17.5. The van der Waals surface area contributed by atoms with Crippen LogP contribution in [0.15, 0.2) is 36.4 Å². The molecule has 2 aromatic carbocycles. The molecule has 4 rings (SSSR count). The average Bonchev–Trinajstić information content (AvgIpc) is 3.60. The Labute approximate surface area is 184 Å². The standard InChI is InChI=1S/C23H30N2O4.ClH/c1-27-10-4-11-28-21-14-17(13-18-5-2-3-6-20(18)21)16-25(19-7-8-19)23(26)22-15-24-9-12-29-22;/h2-3,5-6,13-14,19,22,24H,4,7-12,15-16H2,1H3;1H. The van der Waals surface area contributed by atoms with Crippen molar-refractivity contribution in [3.63, 3.8) is 0 Å². The minimum atomic E-state index is -0.380. The van der Waals surface area contributed by atoms with Crippen LogP contribution < -0.4 is 10.1 Å². The van der Waals surface area contributed by atoms with Crippen molar-refractivity contribution in [1.29, 1.82) is 0 Å². The highest BCUT2D eigenvalue weighted by Gasteiger charge is 2.36. The fourth-order valence-electron chi connectivity index (χ4n) is 3.81. The molecule has 1 aliphatic carbocycles. The van der Waals surface area contributed by atoms with Crippen LogP contribution in [0.3, 0.4) is 0 Å². The van der Waals surface area contributed by atoms with Gasteiger partial charge in [0, 0.05) is 51.2 Å². The Morgan fingerprint density at radius 1 is 1.23 bits per heavy atom. The van der Waals surface area contributed by atoms with E-state index in [1.54, 1.807) is 7.11 Å². The third-order valence-corrected chi connectivity index (χ3v) is 5.46. The second-order valence-corrected chi connectivity index (χ2v) is 7.77. The number of nitrogens with one attached hydrogen (secondary N) is 1. The summed E-state index contributed by atoms with van der Waals surface area (Å²) in [4.78, 5) is 15.1. The number of fused-ring (bicyclic) bond motifs is 1. The number of carbonyl (C=O) groups excluding carboxylic acids is 1. The van der Waals surface area contributed by atoms with Gasteiger partial charge >= 0.3 is 0 Å². The largest absolute Gasteiger partial charge is 0.493 e. The second kappa shape index (κ2) is 11.0. The van der Waals surface area contributed by atoms with Crippen LogP contribution in [0.5, 0.6) is 5.75 Å². The Balaban J connectivity index is 0.00000256. The number of hydrogen-bond donors (Lipinski definition) is 1. The Bertz CT molecular complexity index is 837. The van der Waals surface area contributed by atoms with Crippen LogP contribution >= 0.6 is 12.4 Å². The lowest BCUT2D eigenvalue weighted by atomic mass is 10.0. The molecule has 0 radical (unpaired) electrons. The van der Waals surface area contributed by atoms with Crippen LogP contribution in [0.4, 0.5) is 0 Å². The van der Waals surface area contributed by atoms with Crippen molar-refractivity contribution in [2.75, 3.05) is 40.0 Å². The molecule has 164 valence electrons. The number of rotatable bonds is 9. The van der Waals surface area contributed by atoms with Crippen molar-refractivity contribution < 1.29 is 19.0 Å². The Kier molecular flexibility index (Phi) is 8.33. The van der Waals surface area contributed by atoms with Crippen LogP contribution in [0.2, 0.25) is 0 Å². The molecule has 1 saturated carbocycles. The highest BCUT2D eigenvalue weighted by Crippen LogP contribution is 2.32. The van der Waals surface area contributed by atoms with Gasteiger partial charge in [-0.05, 0) is 35.9 Å². The fraction of sp³-hybridized carbons (Fsp3) is 0.522. The smallest absolute Gasteiger partial charge is 0.253 e. The summed E-state index contributed by atoms with van der Waals surface area (Å²) in [7, 11) is 1.70. The zero-order chi connectivity index (χ0) is 20.1. The van der Waals surface area contributed by atoms with Crippen LogP contribution in [-0.2, 0) is 20.8 Å². The van der Waals surface area contributed by atoms with Crippen molar-refractivity contribution in [3.05, 3.63) is 42.0 Å². The Morgan fingerprint density at radius 3 is 2.80 bits per heavy atom. The van der Waals surface area contributed by atoms with Crippen molar-refractivity contribution in [3.8, 4) is 5.75 Å². The van der Waals surface area contributed by atoms with Crippen LogP contribution in [0.25, 0.3) is 10.8 Å². The van der Waals surface area contributed by atoms with Gasteiger partial charge in [-0.1, -0.05) is 24.3 Å². The normalized spacial score (nSPS) is 18.6. The first kappa shape index (κ1) is 22.8. The van der Waals surface area contributed by atoms with Crippen molar-refractivity contribution >= 4 is 29.1 Å². The number of benzene rings is 2. The van der Waals surface area contributed by atoms with Crippen molar-refractivity contribution in [2.45, 2.75) is 38.0 Å². The topological polar surface area (TPSA) is 60.0 Å². The van der Waals surface area contributed by atoms with Crippen LogP contribution in [0.1, 0.15) is 24.8 Å². The maximum absolute atomic E-state index is 13.1. The summed E-state index contributed by atoms with van der Waals surface area (Å²) in [6, 6.07) is 12.8. The Hall–Kier alpha value is -1.86. The molecule has 7 heteroatoms. The van der Waals surface area contributed by atoms with Gasteiger partial charge in [-0.2, -0.15) is 0 Å². The molecule has 1 heterocycles. The van der Waals surface area contributed by atoms with E-state index in [-0.39, 0.29) is 24.4 Å². The molecule has 1 aliphatic heterocycles. The molecule has 0 aromatic heterocycles. The number of carbonyl (C=O) groups is 1. The molecule has 2 fully saturated rings. The van der Waals surface area contributed by atoms with Gasteiger partial charge in [-0.25, -0.2) is 0 Å². The molecule has 2 aromatic rings. The van der Waals surface area contributed by atoms with E-state index in [1.807, 2.05) is 17.0 Å². The minimum absolute atomic E-state index is 0. The molecular weight excluding hydrogens is 404 g/mol. The van der Waals surface area contributed by atoms with Crippen LogP contribution in [-0.4, -0.2) is 63.0 Å². The molecule has 6 nitrogen and oxygen atoms in total. The first-order valence-corrected chi connectivity index (χ1v) is 10.5. The lowest BCUT2D eigenvalue weighted by Crippen LogP contribution is -2.49. The van der Waals surface area contributed by atoms with E-state index in [1.165, 1.54) is 0 Å². The van der Waals surface area contributed by atoms with Gasteiger partial charge in [0.25, 0.3) is 5.91 Å². The van der Waals surface area contributed by atoms with Crippen LogP contribution in [0, 0.1) is 0 Å². The maximum atomic E-state index is 13.1. The molecule has 0 bridgehead atoms. The summed E-state index contributed by atoms with van der Waals surface area (Å²) in [6.45, 7) is 3.85. The summed E-state index contributed by atoms with van der Waals surface area (Å²) in [5.74, 6) is 0.961. The SMILES string of the molecule is COCCCOc1cc(CN(C(=O)C2CNCCO2)C2CC2)cc2ccccc12.Cl. The molecule has 1 amide bonds. The molecule has 30 heavy (non-hydrogen) atoms. The number of halogens is 1. The van der Waals surface area contributed by atoms with Gasteiger partial charge in [-0.3, -0.25) is 4.79 Å². The molecule has 1 N–H and O–H groups in total. The molecule has 1 saturated heterocycles.